The van der Waals surface area contributed by atoms with E-state index in [1.807, 2.05) is 0 Å². The molecular formula is C22H21N3NaO8S. The number of hydrogen-bond acceptors (Lipinski definition) is 10. The zero-order valence-electron chi connectivity index (χ0n) is 19.2. The minimum absolute atomic E-state index is 0. The van der Waals surface area contributed by atoms with E-state index in [4.69, 9.17) is 15.2 Å². The molecule has 0 heterocycles. The van der Waals surface area contributed by atoms with Crippen molar-refractivity contribution in [1.82, 2.24) is 0 Å². The van der Waals surface area contributed by atoms with E-state index in [1.165, 1.54) is 30.3 Å². The number of azo groups is 1. The summed E-state index contributed by atoms with van der Waals surface area (Å²) in [5.74, 6) is -1.84. The number of nitrogens with zero attached hydrogens (tertiary/aromatic N) is 2. The largest absolute Gasteiger partial charge is 0.507 e. The number of phenols is 1. The standard InChI is InChI=1S/C22H21N3O8S.Na/c1-3-32-21(27)13-5-7-15(22(28)33-4-2)17(10-13)24-25-20-16(23)8-6-12-9-14(34(29,30)31)11-18(26)19(12)20;/h5-11,26H,3-4,23H2,1-2H3,(H,29,30,31);. The number of carbonyl (C=O) groups excluding carboxylic acids is 2. The van der Waals surface area contributed by atoms with E-state index in [2.05, 4.69) is 10.2 Å². The van der Waals surface area contributed by atoms with Crippen molar-refractivity contribution in [1.29, 1.82) is 0 Å². The maximum Gasteiger partial charge on any atom is 0.340 e. The first-order valence-corrected chi connectivity index (χ1v) is 11.4. The summed E-state index contributed by atoms with van der Waals surface area (Å²) in [5.41, 5.74) is 6.20. The van der Waals surface area contributed by atoms with Crippen molar-refractivity contribution in [2.45, 2.75) is 18.7 Å². The summed E-state index contributed by atoms with van der Waals surface area (Å²) in [6, 6.07) is 8.86. The third kappa shape index (κ3) is 6.35. The van der Waals surface area contributed by atoms with Crippen LogP contribution in [0.1, 0.15) is 34.6 Å². The number of carbonyl (C=O) groups is 2. The Bertz CT molecular complexity index is 1420. The van der Waals surface area contributed by atoms with E-state index in [-0.39, 0.29) is 81.7 Å². The van der Waals surface area contributed by atoms with Gasteiger partial charge in [-0.2, -0.15) is 8.42 Å². The summed E-state index contributed by atoms with van der Waals surface area (Å²) in [4.78, 5) is 24.0. The Balaban J connectivity index is 0.00000432. The molecule has 1 radical (unpaired) electrons. The van der Waals surface area contributed by atoms with Crippen LogP contribution in [0.5, 0.6) is 5.75 Å². The number of esters is 2. The molecule has 0 aliphatic heterocycles. The molecular weight excluding hydrogens is 489 g/mol. The van der Waals surface area contributed by atoms with Crippen LogP contribution in [0.3, 0.4) is 0 Å². The molecule has 4 N–H and O–H groups in total. The predicted octanol–water partition coefficient (Wildman–Crippen LogP) is 3.76. The second-order valence-electron chi connectivity index (χ2n) is 6.89. The maximum atomic E-state index is 12.4. The number of rotatable bonds is 7. The second-order valence-corrected chi connectivity index (χ2v) is 8.31. The van der Waals surface area contributed by atoms with Crippen LogP contribution in [-0.4, -0.2) is 72.8 Å². The van der Waals surface area contributed by atoms with E-state index >= 15 is 0 Å². The number of anilines is 1. The molecule has 0 amide bonds. The number of hydrogen-bond donors (Lipinski definition) is 3. The number of phenolic OH excluding ortho intramolecular Hbond substituents is 1. The molecule has 3 aromatic rings. The Morgan fingerprint density at radius 1 is 0.971 bits per heavy atom. The molecule has 35 heavy (non-hydrogen) atoms. The van der Waals surface area contributed by atoms with Gasteiger partial charge < -0.3 is 20.3 Å². The van der Waals surface area contributed by atoms with Crippen LogP contribution in [0.2, 0.25) is 0 Å². The molecule has 179 valence electrons. The SMILES string of the molecule is CCOC(=O)c1ccc(C(=O)OCC)c(N=Nc2c(N)ccc3cc(S(=O)(=O)O)cc(O)c23)c1.[Na]. The number of nitrogen functional groups attached to an aromatic ring is 1. The fraction of sp³-hybridized carbons (Fsp3) is 0.182. The third-order valence-corrected chi connectivity index (χ3v) is 5.47. The smallest absolute Gasteiger partial charge is 0.340 e. The van der Waals surface area contributed by atoms with Crippen molar-refractivity contribution in [2.24, 2.45) is 10.2 Å². The van der Waals surface area contributed by atoms with E-state index in [1.54, 1.807) is 13.8 Å². The van der Waals surface area contributed by atoms with Crippen LogP contribution in [0, 0.1) is 0 Å². The molecule has 0 aromatic heterocycles. The van der Waals surface area contributed by atoms with Crippen LogP contribution in [-0.2, 0) is 19.6 Å². The number of benzene rings is 3. The van der Waals surface area contributed by atoms with Crippen molar-refractivity contribution in [3.8, 4) is 5.75 Å². The molecule has 0 unspecified atom stereocenters. The maximum absolute atomic E-state index is 12.4. The Morgan fingerprint density at radius 2 is 1.63 bits per heavy atom. The summed E-state index contributed by atoms with van der Waals surface area (Å²) in [7, 11) is -4.57. The molecule has 0 saturated heterocycles. The summed E-state index contributed by atoms with van der Waals surface area (Å²) >= 11 is 0. The first-order valence-electron chi connectivity index (χ1n) is 9.99. The van der Waals surface area contributed by atoms with Gasteiger partial charge in [0.1, 0.15) is 17.1 Å². The molecule has 0 bridgehead atoms. The Hall–Kier alpha value is -3.03. The van der Waals surface area contributed by atoms with Gasteiger partial charge in [-0.25, -0.2) is 9.59 Å². The summed E-state index contributed by atoms with van der Waals surface area (Å²) < 4.78 is 42.2. The molecule has 0 saturated carbocycles. The Kier molecular flexibility index (Phi) is 9.35. The van der Waals surface area contributed by atoms with Crippen LogP contribution < -0.4 is 5.73 Å². The van der Waals surface area contributed by atoms with Crippen LogP contribution >= 0.6 is 0 Å². The van der Waals surface area contributed by atoms with E-state index in [0.29, 0.717) is 0 Å². The molecule has 0 fully saturated rings. The van der Waals surface area contributed by atoms with Crippen molar-refractivity contribution < 1.29 is 37.1 Å². The van der Waals surface area contributed by atoms with Gasteiger partial charge in [0.15, 0.2) is 0 Å². The fourth-order valence-electron chi connectivity index (χ4n) is 3.11. The first-order chi connectivity index (χ1) is 16.1. The molecule has 0 spiro atoms. The van der Waals surface area contributed by atoms with Gasteiger partial charge in [-0.3, -0.25) is 4.55 Å². The summed E-state index contributed by atoms with van der Waals surface area (Å²) in [6.45, 7) is 3.53. The average Bonchev–Trinajstić information content (AvgIpc) is 2.78. The van der Waals surface area contributed by atoms with Crippen molar-refractivity contribution in [2.75, 3.05) is 18.9 Å². The van der Waals surface area contributed by atoms with Gasteiger partial charge in [-0.1, -0.05) is 6.07 Å². The van der Waals surface area contributed by atoms with Crippen LogP contribution in [0.4, 0.5) is 17.1 Å². The molecule has 13 heteroatoms. The number of fused-ring (bicyclic) bond motifs is 1. The first kappa shape index (κ1) is 28.2. The normalized spacial score (nSPS) is 11.3. The van der Waals surface area contributed by atoms with E-state index in [0.717, 1.165) is 12.1 Å². The molecule has 3 rings (SSSR count). The number of aromatic hydroxyl groups is 1. The third-order valence-electron chi connectivity index (χ3n) is 4.63. The van der Waals surface area contributed by atoms with Crippen molar-refractivity contribution in [3.05, 3.63) is 53.6 Å². The molecule has 3 aromatic carbocycles. The summed E-state index contributed by atoms with van der Waals surface area (Å²) in [5, 5.41) is 18.9. The molecule has 11 nitrogen and oxygen atoms in total. The van der Waals surface area contributed by atoms with Gasteiger partial charge in [0.05, 0.1) is 40.3 Å². The van der Waals surface area contributed by atoms with Gasteiger partial charge in [-0.05, 0) is 49.6 Å². The van der Waals surface area contributed by atoms with Gasteiger partial charge in [-0.15, -0.1) is 10.2 Å². The van der Waals surface area contributed by atoms with E-state index in [9.17, 15) is 27.7 Å². The molecule has 0 aliphatic carbocycles. The fourth-order valence-corrected chi connectivity index (χ4v) is 3.65. The van der Waals surface area contributed by atoms with E-state index < -0.39 is 32.7 Å². The number of ether oxygens (including phenoxy) is 2. The summed E-state index contributed by atoms with van der Waals surface area (Å²) in [6.07, 6.45) is 0. The second kappa shape index (κ2) is 11.6. The zero-order chi connectivity index (χ0) is 25.0. The molecule has 0 aliphatic rings. The predicted molar refractivity (Wildman–Crippen MR) is 128 cm³/mol. The van der Waals surface area contributed by atoms with Crippen molar-refractivity contribution >= 4 is 79.4 Å². The minimum Gasteiger partial charge on any atom is -0.507 e. The van der Waals surface area contributed by atoms with Gasteiger partial charge in [0, 0.05) is 35.6 Å². The zero-order valence-corrected chi connectivity index (χ0v) is 22.0. The number of nitrogens with two attached hydrogens (primary N) is 1. The quantitative estimate of drug-likeness (QED) is 0.140. The topological polar surface area (TPSA) is 178 Å². The Labute approximate surface area is 223 Å². The molecule has 0 atom stereocenters. The van der Waals surface area contributed by atoms with Gasteiger partial charge in [0.25, 0.3) is 10.1 Å². The van der Waals surface area contributed by atoms with Gasteiger partial charge >= 0.3 is 11.9 Å². The monoisotopic (exact) mass is 510 g/mol. The minimum atomic E-state index is -4.57. The van der Waals surface area contributed by atoms with Crippen molar-refractivity contribution in [3.63, 3.8) is 0 Å². The van der Waals surface area contributed by atoms with Gasteiger partial charge in [0.2, 0.25) is 0 Å². The average molecular weight is 510 g/mol. The Morgan fingerprint density at radius 3 is 2.26 bits per heavy atom. The van der Waals surface area contributed by atoms with Crippen LogP contribution in [0.15, 0.2) is 57.6 Å². The van der Waals surface area contributed by atoms with Crippen LogP contribution in [0.25, 0.3) is 10.8 Å².